The third-order valence-electron chi connectivity index (χ3n) is 2.72. The quantitative estimate of drug-likeness (QED) is 0.727. The van der Waals surface area contributed by atoms with Gasteiger partial charge in [-0.05, 0) is 18.2 Å². The van der Waals surface area contributed by atoms with Gasteiger partial charge in [0.05, 0.1) is 11.6 Å². The standard InChI is InChI=1S/C11H9ClN6/c12-8-4-3-7(9(13)11-15-17-18-16-11)10-6(8)2-1-5-14-10/h1-5,9H,13H2,(H,15,16,17,18). The van der Waals surface area contributed by atoms with Gasteiger partial charge in [-0.25, -0.2) is 0 Å². The van der Waals surface area contributed by atoms with Crippen molar-refractivity contribution in [2.75, 3.05) is 0 Å². The summed E-state index contributed by atoms with van der Waals surface area (Å²) in [5.74, 6) is 0.421. The summed E-state index contributed by atoms with van der Waals surface area (Å²) < 4.78 is 0. The molecule has 18 heavy (non-hydrogen) atoms. The Labute approximate surface area is 107 Å². The summed E-state index contributed by atoms with van der Waals surface area (Å²) in [5, 5.41) is 15.2. The van der Waals surface area contributed by atoms with E-state index in [1.165, 1.54) is 0 Å². The summed E-state index contributed by atoms with van der Waals surface area (Å²) in [6, 6.07) is 6.87. The summed E-state index contributed by atoms with van der Waals surface area (Å²) in [7, 11) is 0. The first kappa shape index (κ1) is 11.1. The molecule has 90 valence electrons. The molecule has 1 unspecified atom stereocenters. The lowest BCUT2D eigenvalue weighted by molar-refractivity contribution is 0.789. The number of aromatic nitrogens is 5. The first-order valence-corrected chi connectivity index (χ1v) is 5.67. The highest BCUT2D eigenvalue weighted by Gasteiger charge is 2.17. The average Bonchev–Trinajstić information content (AvgIpc) is 2.93. The Kier molecular flexibility index (Phi) is 2.66. The fraction of sp³-hybridized carbons (Fsp3) is 0.0909. The highest BCUT2D eigenvalue weighted by atomic mass is 35.5. The fourth-order valence-corrected chi connectivity index (χ4v) is 2.07. The van der Waals surface area contributed by atoms with Crippen LogP contribution < -0.4 is 5.73 Å². The molecule has 1 aromatic carbocycles. The lowest BCUT2D eigenvalue weighted by Gasteiger charge is -2.11. The molecule has 2 aromatic heterocycles. The Morgan fingerprint density at radius 1 is 1.28 bits per heavy atom. The highest BCUT2D eigenvalue weighted by molar-refractivity contribution is 6.35. The summed E-state index contributed by atoms with van der Waals surface area (Å²) in [6.07, 6.45) is 1.70. The number of benzene rings is 1. The van der Waals surface area contributed by atoms with E-state index >= 15 is 0 Å². The molecule has 7 heteroatoms. The van der Waals surface area contributed by atoms with Crippen LogP contribution >= 0.6 is 11.6 Å². The van der Waals surface area contributed by atoms with E-state index in [-0.39, 0.29) is 0 Å². The van der Waals surface area contributed by atoms with Gasteiger partial charge in [0.25, 0.3) is 0 Å². The molecule has 3 rings (SSSR count). The molecule has 2 heterocycles. The van der Waals surface area contributed by atoms with Gasteiger partial charge in [0.15, 0.2) is 5.82 Å². The SMILES string of the molecule is NC(c1nn[nH]n1)c1ccc(Cl)c2cccnc12. The second-order valence-electron chi connectivity index (χ2n) is 3.78. The first-order chi connectivity index (χ1) is 8.77. The number of hydrogen-bond acceptors (Lipinski definition) is 5. The number of hydrogen-bond donors (Lipinski definition) is 2. The molecule has 0 bridgehead atoms. The predicted molar refractivity (Wildman–Crippen MR) is 67.0 cm³/mol. The van der Waals surface area contributed by atoms with Crippen LogP contribution in [0.3, 0.4) is 0 Å². The molecule has 0 aliphatic carbocycles. The molecule has 0 saturated carbocycles. The van der Waals surface area contributed by atoms with Crippen molar-refractivity contribution < 1.29 is 0 Å². The molecule has 1 atom stereocenters. The predicted octanol–water partition coefficient (Wildman–Crippen LogP) is 1.45. The van der Waals surface area contributed by atoms with Crippen molar-refractivity contribution in [3.8, 4) is 0 Å². The van der Waals surface area contributed by atoms with Crippen molar-refractivity contribution in [1.82, 2.24) is 25.6 Å². The van der Waals surface area contributed by atoms with Crippen LogP contribution in [0.25, 0.3) is 10.9 Å². The molecule has 0 aliphatic heterocycles. The van der Waals surface area contributed by atoms with Crippen LogP contribution in [0.15, 0.2) is 30.5 Å². The Balaban J connectivity index is 2.21. The molecular formula is C11H9ClN6. The van der Waals surface area contributed by atoms with E-state index in [0.717, 1.165) is 16.5 Å². The number of nitrogens with one attached hydrogen (secondary N) is 1. The number of nitrogens with two attached hydrogens (primary N) is 1. The minimum absolute atomic E-state index is 0.421. The van der Waals surface area contributed by atoms with Gasteiger partial charge in [0, 0.05) is 22.2 Å². The van der Waals surface area contributed by atoms with E-state index in [9.17, 15) is 0 Å². The fourth-order valence-electron chi connectivity index (χ4n) is 1.85. The second-order valence-corrected chi connectivity index (χ2v) is 4.19. The van der Waals surface area contributed by atoms with Gasteiger partial charge in [0.2, 0.25) is 0 Å². The van der Waals surface area contributed by atoms with E-state index in [2.05, 4.69) is 25.6 Å². The Hall–Kier alpha value is -2.05. The monoisotopic (exact) mass is 260 g/mol. The van der Waals surface area contributed by atoms with Crippen LogP contribution in [-0.4, -0.2) is 25.6 Å². The topological polar surface area (TPSA) is 93.4 Å². The van der Waals surface area contributed by atoms with Crippen LogP contribution in [0.1, 0.15) is 17.4 Å². The molecule has 0 radical (unpaired) electrons. The van der Waals surface area contributed by atoms with Crippen LogP contribution in [-0.2, 0) is 0 Å². The maximum atomic E-state index is 6.13. The number of fused-ring (bicyclic) bond motifs is 1. The summed E-state index contributed by atoms with van der Waals surface area (Å²) in [6.45, 7) is 0. The van der Waals surface area contributed by atoms with E-state index in [4.69, 9.17) is 17.3 Å². The van der Waals surface area contributed by atoms with Crippen molar-refractivity contribution in [2.45, 2.75) is 6.04 Å². The number of tetrazole rings is 1. The van der Waals surface area contributed by atoms with Crippen LogP contribution in [0.5, 0.6) is 0 Å². The molecule has 3 aromatic rings. The molecule has 0 amide bonds. The number of aromatic amines is 1. The molecule has 3 N–H and O–H groups in total. The van der Waals surface area contributed by atoms with Gasteiger partial charge in [-0.15, -0.1) is 10.2 Å². The summed E-state index contributed by atoms with van der Waals surface area (Å²) in [5.41, 5.74) is 7.68. The van der Waals surface area contributed by atoms with E-state index in [1.807, 2.05) is 18.2 Å². The third-order valence-corrected chi connectivity index (χ3v) is 3.05. The Bertz CT molecular complexity index is 681. The van der Waals surface area contributed by atoms with Crippen molar-refractivity contribution in [3.05, 3.63) is 46.9 Å². The molecule has 6 nitrogen and oxygen atoms in total. The van der Waals surface area contributed by atoms with E-state index in [0.29, 0.717) is 10.8 Å². The van der Waals surface area contributed by atoms with Crippen molar-refractivity contribution >= 4 is 22.5 Å². The first-order valence-electron chi connectivity index (χ1n) is 5.29. The van der Waals surface area contributed by atoms with Gasteiger partial charge in [-0.1, -0.05) is 22.9 Å². The largest absolute Gasteiger partial charge is 0.317 e. The van der Waals surface area contributed by atoms with Crippen molar-refractivity contribution in [1.29, 1.82) is 0 Å². The zero-order valence-corrected chi connectivity index (χ0v) is 9.96. The summed E-state index contributed by atoms with van der Waals surface area (Å²) in [4.78, 5) is 4.32. The molecule has 0 aliphatic rings. The number of pyridine rings is 1. The lowest BCUT2D eigenvalue weighted by Crippen LogP contribution is -2.14. The van der Waals surface area contributed by atoms with Crippen LogP contribution in [0.2, 0.25) is 5.02 Å². The highest BCUT2D eigenvalue weighted by Crippen LogP contribution is 2.28. The minimum Gasteiger partial charge on any atom is -0.317 e. The molecule has 0 spiro atoms. The smallest absolute Gasteiger partial charge is 0.195 e. The second kappa shape index (κ2) is 4.32. The molecule has 0 saturated heterocycles. The van der Waals surface area contributed by atoms with Gasteiger partial charge < -0.3 is 5.73 Å². The maximum absolute atomic E-state index is 6.13. The molecule has 0 fully saturated rings. The van der Waals surface area contributed by atoms with Gasteiger partial charge >= 0.3 is 0 Å². The van der Waals surface area contributed by atoms with E-state index < -0.39 is 6.04 Å². The van der Waals surface area contributed by atoms with Crippen LogP contribution in [0, 0.1) is 0 Å². The zero-order valence-electron chi connectivity index (χ0n) is 9.21. The van der Waals surface area contributed by atoms with E-state index in [1.54, 1.807) is 12.3 Å². The normalized spacial score (nSPS) is 12.8. The number of H-pyrrole nitrogens is 1. The van der Waals surface area contributed by atoms with Gasteiger partial charge in [0.1, 0.15) is 0 Å². The average molecular weight is 261 g/mol. The summed E-state index contributed by atoms with van der Waals surface area (Å²) >= 11 is 6.13. The molecular weight excluding hydrogens is 252 g/mol. The minimum atomic E-state index is -0.488. The van der Waals surface area contributed by atoms with Crippen molar-refractivity contribution in [2.24, 2.45) is 5.73 Å². The third kappa shape index (κ3) is 1.71. The van der Waals surface area contributed by atoms with Gasteiger partial charge in [-0.2, -0.15) is 5.21 Å². The zero-order chi connectivity index (χ0) is 12.5. The Morgan fingerprint density at radius 2 is 2.17 bits per heavy atom. The maximum Gasteiger partial charge on any atom is 0.195 e. The lowest BCUT2D eigenvalue weighted by atomic mass is 10.0. The number of nitrogens with zero attached hydrogens (tertiary/aromatic N) is 4. The van der Waals surface area contributed by atoms with Gasteiger partial charge in [-0.3, -0.25) is 4.98 Å². The number of rotatable bonds is 2. The number of halogens is 1. The van der Waals surface area contributed by atoms with Crippen molar-refractivity contribution in [3.63, 3.8) is 0 Å². The Morgan fingerprint density at radius 3 is 2.94 bits per heavy atom. The van der Waals surface area contributed by atoms with Crippen LogP contribution in [0.4, 0.5) is 0 Å².